The Hall–Kier alpha value is -2.24. The zero-order chi connectivity index (χ0) is 18.2. The highest BCUT2D eigenvalue weighted by Crippen LogP contribution is 2.28. The summed E-state index contributed by atoms with van der Waals surface area (Å²) >= 11 is 0. The Morgan fingerprint density at radius 1 is 1.21 bits per heavy atom. The molecule has 0 unspecified atom stereocenters. The quantitative estimate of drug-likeness (QED) is 0.855. The van der Waals surface area contributed by atoms with Crippen molar-refractivity contribution in [2.75, 3.05) is 7.05 Å². The molecule has 2 atom stereocenters. The standard InChI is InChI=1S/C18H23F2N3O/c1-10(17-11(2)21-23(6)13(17)4)18(24)22(5)12(3)14-7-8-15(19)16(20)9-14/h7-10,12H,1-6H3/t10-,12-/m1/s1. The first-order valence-electron chi connectivity index (χ1n) is 7.86. The summed E-state index contributed by atoms with van der Waals surface area (Å²) in [6.07, 6.45) is 0. The van der Waals surface area contributed by atoms with Gasteiger partial charge in [-0.05, 0) is 45.4 Å². The van der Waals surface area contributed by atoms with Crippen molar-refractivity contribution in [1.29, 1.82) is 0 Å². The predicted molar refractivity (Wildman–Crippen MR) is 88.6 cm³/mol. The van der Waals surface area contributed by atoms with Crippen LogP contribution >= 0.6 is 0 Å². The SMILES string of the molecule is Cc1nn(C)c(C)c1[C@@H](C)C(=O)N(C)[C@H](C)c1ccc(F)c(F)c1. The molecule has 0 N–H and O–H groups in total. The third kappa shape index (κ3) is 3.18. The van der Waals surface area contributed by atoms with Gasteiger partial charge in [-0.2, -0.15) is 5.10 Å². The van der Waals surface area contributed by atoms with E-state index in [1.54, 1.807) is 23.6 Å². The molecule has 1 amide bonds. The van der Waals surface area contributed by atoms with E-state index in [0.29, 0.717) is 5.56 Å². The van der Waals surface area contributed by atoms with E-state index < -0.39 is 11.6 Å². The van der Waals surface area contributed by atoms with Gasteiger partial charge in [-0.1, -0.05) is 6.07 Å². The molecule has 0 saturated carbocycles. The number of carbonyl (C=O) groups is 1. The number of aryl methyl sites for hydroxylation is 2. The van der Waals surface area contributed by atoms with Crippen molar-refractivity contribution < 1.29 is 13.6 Å². The number of nitrogens with zero attached hydrogens (tertiary/aromatic N) is 3. The van der Waals surface area contributed by atoms with Gasteiger partial charge >= 0.3 is 0 Å². The van der Waals surface area contributed by atoms with Gasteiger partial charge in [0, 0.05) is 25.4 Å². The van der Waals surface area contributed by atoms with E-state index in [0.717, 1.165) is 29.1 Å². The summed E-state index contributed by atoms with van der Waals surface area (Å²) in [4.78, 5) is 14.4. The zero-order valence-corrected chi connectivity index (χ0v) is 14.9. The van der Waals surface area contributed by atoms with Crippen LogP contribution < -0.4 is 0 Å². The minimum Gasteiger partial charge on any atom is -0.338 e. The second-order valence-electron chi connectivity index (χ2n) is 6.23. The van der Waals surface area contributed by atoms with Crippen molar-refractivity contribution in [1.82, 2.24) is 14.7 Å². The molecule has 4 nitrogen and oxygen atoms in total. The van der Waals surface area contributed by atoms with E-state index in [1.165, 1.54) is 6.07 Å². The summed E-state index contributed by atoms with van der Waals surface area (Å²) in [5, 5.41) is 4.35. The van der Waals surface area contributed by atoms with Gasteiger partial charge in [0.1, 0.15) is 0 Å². The second-order valence-corrected chi connectivity index (χ2v) is 6.23. The molecule has 6 heteroatoms. The minimum atomic E-state index is -0.910. The van der Waals surface area contributed by atoms with Crippen molar-refractivity contribution >= 4 is 5.91 Å². The van der Waals surface area contributed by atoms with Gasteiger partial charge in [0.05, 0.1) is 17.7 Å². The largest absolute Gasteiger partial charge is 0.338 e. The molecule has 1 aromatic heterocycles. The van der Waals surface area contributed by atoms with Crippen LogP contribution in [-0.2, 0) is 11.8 Å². The molecule has 130 valence electrons. The van der Waals surface area contributed by atoms with Crippen molar-refractivity contribution in [3.63, 3.8) is 0 Å². The van der Waals surface area contributed by atoms with Crippen molar-refractivity contribution in [3.05, 3.63) is 52.3 Å². The summed E-state index contributed by atoms with van der Waals surface area (Å²) in [7, 11) is 3.52. The number of aromatic nitrogens is 2. The summed E-state index contributed by atoms with van der Waals surface area (Å²) in [6, 6.07) is 3.35. The highest BCUT2D eigenvalue weighted by atomic mass is 19.2. The van der Waals surface area contributed by atoms with E-state index in [2.05, 4.69) is 5.10 Å². The third-order valence-corrected chi connectivity index (χ3v) is 4.72. The maximum absolute atomic E-state index is 13.4. The van der Waals surface area contributed by atoms with Gasteiger partial charge in [0.25, 0.3) is 0 Å². The fourth-order valence-electron chi connectivity index (χ4n) is 3.03. The van der Waals surface area contributed by atoms with E-state index in [-0.39, 0.29) is 17.9 Å². The third-order valence-electron chi connectivity index (χ3n) is 4.72. The zero-order valence-electron chi connectivity index (χ0n) is 14.9. The molecular weight excluding hydrogens is 312 g/mol. The number of hydrogen-bond donors (Lipinski definition) is 0. The molecule has 2 aromatic rings. The van der Waals surface area contributed by atoms with Gasteiger partial charge in [-0.3, -0.25) is 9.48 Å². The maximum atomic E-state index is 13.4. The molecule has 2 rings (SSSR count). The molecule has 0 spiro atoms. The number of carbonyl (C=O) groups excluding carboxylic acids is 1. The summed E-state index contributed by atoms with van der Waals surface area (Å²) in [5.41, 5.74) is 3.23. The van der Waals surface area contributed by atoms with Crippen LogP contribution in [0.25, 0.3) is 0 Å². The lowest BCUT2D eigenvalue weighted by molar-refractivity contribution is -0.133. The Balaban J connectivity index is 2.26. The lowest BCUT2D eigenvalue weighted by Gasteiger charge is -2.28. The topological polar surface area (TPSA) is 38.1 Å². The lowest BCUT2D eigenvalue weighted by atomic mass is 9.96. The van der Waals surface area contributed by atoms with E-state index >= 15 is 0 Å². The number of likely N-dealkylation sites (N-methyl/N-ethyl adjacent to an activating group) is 1. The van der Waals surface area contributed by atoms with Crippen molar-refractivity contribution in [3.8, 4) is 0 Å². The Morgan fingerprint density at radius 2 is 1.83 bits per heavy atom. The predicted octanol–water partition coefficient (Wildman–Crippen LogP) is 3.64. The molecule has 24 heavy (non-hydrogen) atoms. The fourth-order valence-corrected chi connectivity index (χ4v) is 3.03. The molecule has 1 aromatic carbocycles. The number of rotatable bonds is 4. The van der Waals surface area contributed by atoms with E-state index in [9.17, 15) is 13.6 Å². The van der Waals surface area contributed by atoms with Crippen LogP contribution in [0.4, 0.5) is 8.78 Å². The summed E-state index contributed by atoms with van der Waals surface area (Å²) in [5.74, 6) is -2.26. The van der Waals surface area contributed by atoms with Gasteiger partial charge < -0.3 is 4.90 Å². The average Bonchev–Trinajstić information content (AvgIpc) is 2.79. The molecule has 0 bridgehead atoms. The normalized spacial score (nSPS) is 13.7. The van der Waals surface area contributed by atoms with Crippen molar-refractivity contribution in [2.45, 2.75) is 39.7 Å². The van der Waals surface area contributed by atoms with Crippen LogP contribution in [0.1, 0.15) is 48.3 Å². The highest BCUT2D eigenvalue weighted by molar-refractivity contribution is 5.84. The van der Waals surface area contributed by atoms with Crippen LogP contribution in [0.2, 0.25) is 0 Å². The molecule has 0 aliphatic carbocycles. The number of halogens is 2. The smallest absolute Gasteiger partial charge is 0.230 e. The maximum Gasteiger partial charge on any atom is 0.230 e. The monoisotopic (exact) mass is 335 g/mol. The Labute approximate surface area is 141 Å². The van der Waals surface area contributed by atoms with Crippen LogP contribution in [0.5, 0.6) is 0 Å². The first kappa shape index (κ1) is 18.1. The fraction of sp³-hybridized carbons (Fsp3) is 0.444. The number of benzene rings is 1. The Bertz CT molecular complexity index is 770. The minimum absolute atomic E-state index is 0.0913. The van der Waals surface area contributed by atoms with Crippen LogP contribution in [-0.4, -0.2) is 27.6 Å². The van der Waals surface area contributed by atoms with Crippen LogP contribution in [0, 0.1) is 25.5 Å². The van der Waals surface area contributed by atoms with Crippen molar-refractivity contribution in [2.24, 2.45) is 7.05 Å². The summed E-state index contributed by atoms with van der Waals surface area (Å²) < 4.78 is 28.3. The van der Waals surface area contributed by atoms with E-state index in [4.69, 9.17) is 0 Å². The molecule has 0 fully saturated rings. The lowest BCUT2D eigenvalue weighted by Crippen LogP contribution is -2.33. The van der Waals surface area contributed by atoms with Gasteiger partial charge in [-0.25, -0.2) is 8.78 Å². The highest BCUT2D eigenvalue weighted by Gasteiger charge is 2.28. The van der Waals surface area contributed by atoms with Gasteiger partial charge in [-0.15, -0.1) is 0 Å². The molecule has 1 heterocycles. The molecule has 0 aliphatic rings. The average molecular weight is 335 g/mol. The Kier molecular flexibility index (Phi) is 5.06. The van der Waals surface area contributed by atoms with Gasteiger partial charge in [0.2, 0.25) is 5.91 Å². The van der Waals surface area contributed by atoms with E-state index in [1.807, 2.05) is 27.8 Å². The molecular formula is C18H23F2N3O. The van der Waals surface area contributed by atoms with Gasteiger partial charge in [0.15, 0.2) is 11.6 Å². The second kappa shape index (κ2) is 6.71. The van der Waals surface area contributed by atoms with Crippen LogP contribution in [0.3, 0.4) is 0 Å². The molecule has 0 radical (unpaired) electrons. The first-order chi connectivity index (χ1) is 11.1. The Morgan fingerprint density at radius 3 is 2.33 bits per heavy atom. The molecule has 0 aliphatic heterocycles. The summed E-state index contributed by atoms with van der Waals surface area (Å²) in [6.45, 7) is 7.44. The molecule has 0 saturated heterocycles. The number of amides is 1. The first-order valence-corrected chi connectivity index (χ1v) is 7.86. The van der Waals surface area contributed by atoms with Crippen LogP contribution in [0.15, 0.2) is 18.2 Å². The number of hydrogen-bond acceptors (Lipinski definition) is 2.